The van der Waals surface area contributed by atoms with Crippen molar-refractivity contribution in [3.8, 4) is 0 Å². The van der Waals surface area contributed by atoms with Crippen LogP contribution in [0.3, 0.4) is 0 Å². The number of aryl methyl sites for hydroxylation is 5. The molecule has 7 heteroatoms. The summed E-state index contributed by atoms with van der Waals surface area (Å²) in [7, 11) is -1.95. The average Bonchev–Trinajstić information content (AvgIpc) is 2.59. The molecule has 1 heterocycles. The molecule has 0 aliphatic carbocycles. The van der Waals surface area contributed by atoms with Crippen LogP contribution in [0, 0.1) is 27.7 Å². The van der Waals surface area contributed by atoms with Crippen LogP contribution in [0.1, 0.15) is 34.2 Å². The number of nitrogens with one attached hydrogen (secondary N) is 1. The molecule has 0 amide bonds. The highest BCUT2D eigenvalue weighted by atomic mass is 32.2. The molecule has 0 saturated carbocycles. The van der Waals surface area contributed by atoms with Gasteiger partial charge in [-0.2, -0.15) is 13.2 Å². The quantitative estimate of drug-likeness (QED) is 0.739. The first-order valence-electron chi connectivity index (χ1n) is 9.73. The molecule has 2 atom stereocenters. The molecule has 0 bridgehead atoms. The van der Waals surface area contributed by atoms with E-state index in [1.807, 2.05) is 44.2 Å². The average molecular weight is 425 g/mol. The molecular formula is C22H27F3N2OS. The summed E-state index contributed by atoms with van der Waals surface area (Å²) in [6.07, 6.45) is -2.84. The number of hydrogen-bond donors (Lipinski definition) is 1. The van der Waals surface area contributed by atoms with E-state index in [-0.39, 0.29) is 6.54 Å². The fourth-order valence-corrected chi connectivity index (χ4v) is 5.31. The van der Waals surface area contributed by atoms with Crippen molar-refractivity contribution in [2.75, 3.05) is 18.0 Å². The second-order valence-electron chi connectivity index (χ2n) is 7.89. The molecule has 1 aliphatic heterocycles. The highest BCUT2D eigenvalue weighted by Gasteiger charge is 2.42. The minimum atomic E-state index is -4.51. The lowest BCUT2D eigenvalue weighted by Crippen LogP contribution is -2.51. The minimum absolute atomic E-state index is 0.268. The predicted molar refractivity (Wildman–Crippen MR) is 112 cm³/mol. The Morgan fingerprint density at radius 3 is 2.34 bits per heavy atom. The number of nitrogens with zero attached hydrogens (tertiary/aromatic N) is 1. The van der Waals surface area contributed by atoms with Gasteiger partial charge in [0.15, 0.2) is 0 Å². The van der Waals surface area contributed by atoms with E-state index in [0.29, 0.717) is 11.4 Å². The van der Waals surface area contributed by atoms with Gasteiger partial charge in [0.25, 0.3) is 0 Å². The van der Waals surface area contributed by atoms with E-state index in [4.69, 9.17) is 0 Å². The summed E-state index contributed by atoms with van der Waals surface area (Å²) >= 11 is 0. The molecule has 2 aromatic carbocycles. The topological polar surface area (TPSA) is 32.3 Å². The molecule has 0 radical (unpaired) electrons. The summed E-state index contributed by atoms with van der Waals surface area (Å²) in [5.74, 6) is 0. The molecule has 3 nitrogen and oxygen atoms in total. The smallest absolute Gasteiger partial charge is 0.369 e. The monoisotopic (exact) mass is 424 g/mol. The van der Waals surface area contributed by atoms with Gasteiger partial charge in [0, 0.05) is 18.8 Å². The van der Waals surface area contributed by atoms with Gasteiger partial charge in [-0.25, -0.2) is 8.93 Å². The second-order valence-corrected chi connectivity index (χ2v) is 9.07. The number of anilines is 1. The van der Waals surface area contributed by atoms with Gasteiger partial charge >= 0.3 is 6.18 Å². The predicted octanol–water partition coefficient (Wildman–Crippen LogP) is 4.92. The molecule has 0 aromatic heterocycles. The van der Waals surface area contributed by atoms with E-state index in [1.165, 1.54) is 0 Å². The van der Waals surface area contributed by atoms with Crippen molar-refractivity contribution in [2.45, 2.75) is 57.7 Å². The zero-order chi connectivity index (χ0) is 21.3. The number of halogens is 3. The van der Waals surface area contributed by atoms with Crippen molar-refractivity contribution in [1.82, 2.24) is 4.72 Å². The molecule has 0 spiro atoms. The SMILES string of the molecule is Cc1cc(C)c(S(=O)NC(CN2CCCc3ccc(C)cc32)C(F)(F)F)c(C)c1. The molecule has 2 aromatic rings. The maximum atomic E-state index is 13.8. The number of fused-ring (bicyclic) bond motifs is 1. The number of rotatable bonds is 5. The summed E-state index contributed by atoms with van der Waals surface area (Å²) in [5.41, 5.74) is 5.38. The summed E-state index contributed by atoms with van der Waals surface area (Å²) in [6, 6.07) is 7.70. The lowest BCUT2D eigenvalue weighted by atomic mass is 9.99. The Bertz CT molecular complexity index is 904. The normalized spacial score (nSPS) is 16.4. The molecule has 29 heavy (non-hydrogen) atoms. The van der Waals surface area contributed by atoms with Gasteiger partial charge in [-0.3, -0.25) is 0 Å². The summed E-state index contributed by atoms with van der Waals surface area (Å²) in [5, 5.41) is 0. The van der Waals surface area contributed by atoms with Crippen LogP contribution < -0.4 is 9.62 Å². The third-order valence-electron chi connectivity index (χ3n) is 5.29. The molecule has 1 aliphatic rings. The van der Waals surface area contributed by atoms with Gasteiger partial charge < -0.3 is 4.90 Å². The van der Waals surface area contributed by atoms with Gasteiger partial charge in [-0.15, -0.1) is 0 Å². The zero-order valence-corrected chi connectivity index (χ0v) is 18.0. The Morgan fingerprint density at radius 2 is 1.72 bits per heavy atom. The Hall–Kier alpha value is -1.86. The molecule has 3 rings (SSSR count). The van der Waals surface area contributed by atoms with E-state index >= 15 is 0 Å². The van der Waals surface area contributed by atoms with Gasteiger partial charge in [-0.05, 0) is 68.9 Å². The molecule has 158 valence electrons. The van der Waals surface area contributed by atoms with Crippen LogP contribution in [0.5, 0.6) is 0 Å². The van der Waals surface area contributed by atoms with Crippen molar-refractivity contribution in [3.05, 3.63) is 58.1 Å². The fraction of sp³-hybridized carbons (Fsp3) is 0.455. The number of benzene rings is 2. The lowest BCUT2D eigenvalue weighted by molar-refractivity contribution is -0.148. The Balaban J connectivity index is 1.86. The fourth-order valence-electron chi connectivity index (χ4n) is 4.03. The maximum Gasteiger partial charge on any atom is 0.406 e. The third-order valence-corrected chi connectivity index (χ3v) is 6.81. The Labute approximate surface area is 172 Å². The van der Waals surface area contributed by atoms with Gasteiger partial charge in [0.05, 0.1) is 4.90 Å². The van der Waals surface area contributed by atoms with Crippen LogP contribution >= 0.6 is 0 Å². The summed E-state index contributed by atoms with van der Waals surface area (Å²) < 4.78 is 56.8. The number of hydrogen-bond acceptors (Lipinski definition) is 2. The first kappa shape index (κ1) is 21.8. The van der Waals surface area contributed by atoms with Crippen LogP contribution in [0.2, 0.25) is 0 Å². The largest absolute Gasteiger partial charge is 0.406 e. The van der Waals surface area contributed by atoms with Crippen molar-refractivity contribution in [1.29, 1.82) is 0 Å². The molecular weight excluding hydrogens is 397 g/mol. The number of alkyl halides is 3. The van der Waals surface area contributed by atoms with Crippen molar-refractivity contribution in [2.24, 2.45) is 0 Å². The highest BCUT2D eigenvalue weighted by molar-refractivity contribution is 7.83. The Morgan fingerprint density at radius 1 is 1.07 bits per heavy atom. The molecule has 0 saturated heterocycles. The highest BCUT2D eigenvalue weighted by Crippen LogP contribution is 2.31. The van der Waals surface area contributed by atoms with Gasteiger partial charge in [0.2, 0.25) is 0 Å². The maximum absolute atomic E-state index is 13.8. The minimum Gasteiger partial charge on any atom is -0.369 e. The third kappa shape index (κ3) is 5.01. The van der Waals surface area contributed by atoms with Crippen LogP contribution in [-0.4, -0.2) is 29.5 Å². The standard InChI is InChI=1S/C22H27F3N2OS/c1-14-7-8-18-6-5-9-27(19(18)12-14)13-20(22(23,24)25)26-29(28)21-16(3)10-15(2)11-17(21)4/h7-8,10-12,20,26H,5-6,9,13H2,1-4H3. The Kier molecular flexibility index (Phi) is 6.39. The van der Waals surface area contributed by atoms with Crippen LogP contribution in [0.25, 0.3) is 0 Å². The van der Waals surface area contributed by atoms with Crippen LogP contribution in [0.15, 0.2) is 35.2 Å². The molecule has 0 fully saturated rings. The second kappa shape index (κ2) is 8.48. The van der Waals surface area contributed by atoms with E-state index < -0.39 is 23.2 Å². The first-order valence-corrected chi connectivity index (χ1v) is 10.9. The van der Waals surface area contributed by atoms with E-state index in [0.717, 1.165) is 46.3 Å². The summed E-state index contributed by atoms with van der Waals surface area (Å²) in [6.45, 7) is 7.69. The zero-order valence-electron chi connectivity index (χ0n) is 17.2. The first-order chi connectivity index (χ1) is 13.6. The van der Waals surface area contributed by atoms with E-state index in [9.17, 15) is 17.4 Å². The van der Waals surface area contributed by atoms with Crippen LogP contribution in [-0.2, 0) is 17.4 Å². The molecule has 2 unspecified atom stereocenters. The molecule has 1 N–H and O–H groups in total. The summed E-state index contributed by atoms with van der Waals surface area (Å²) in [4.78, 5) is 2.20. The van der Waals surface area contributed by atoms with E-state index in [1.54, 1.807) is 18.7 Å². The van der Waals surface area contributed by atoms with Crippen molar-refractivity contribution in [3.63, 3.8) is 0 Å². The van der Waals surface area contributed by atoms with Crippen LogP contribution in [0.4, 0.5) is 18.9 Å². The van der Waals surface area contributed by atoms with Gasteiger partial charge in [0.1, 0.15) is 17.0 Å². The van der Waals surface area contributed by atoms with E-state index in [2.05, 4.69) is 4.72 Å². The lowest BCUT2D eigenvalue weighted by Gasteiger charge is -2.35. The van der Waals surface area contributed by atoms with Gasteiger partial charge in [-0.1, -0.05) is 29.8 Å². The van der Waals surface area contributed by atoms with Crippen molar-refractivity contribution >= 4 is 16.7 Å². The van der Waals surface area contributed by atoms with Crippen molar-refractivity contribution < 1.29 is 17.4 Å².